The van der Waals surface area contributed by atoms with Gasteiger partial charge in [0.1, 0.15) is 0 Å². The molecular formula is C13H13N3O3. The summed E-state index contributed by atoms with van der Waals surface area (Å²) in [7, 11) is 0. The van der Waals surface area contributed by atoms with Crippen LogP contribution in [0, 0.1) is 6.92 Å². The molecule has 0 spiro atoms. The van der Waals surface area contributed by atoms with Gasteiger partial charge in [0.2, 0.25) is 0 Å². The van der Waals surface area contributed by atoms with Gasteiger partial charge in [-0.1, -0.05) is 18.2 Å². The van der Waals surface area contributed by atoms with Gasteiger partial charge in [0.25, 0.3) is 5.91 Å². The predicted octanol–water partition coefficient (Wildman–Crippen LogP) is 1.60. The van der Waals surface area contributed by atoms with Gasteiger partial charge in [0.05, 0.1) is 18.2 Å². The van der Waals surface area contributed by atoms with E-state index < -0.39 is 5.97 Å². The van der Waals surface area contributed by atoms with Crippen molar-refractivity contribution >= 4 is 17.6 Å². The first-order chi connectivity index (χ1) is 9.08. The zero-order valence-corrected chi connectivity index (χ0v) is 10.3. The molecule has 19 heavy (non-hydrogen) atoms. The Morgan fingerprint density at radius 3 is 2.74 bits per heavy atom. The molecule has 0 saturated carbocycles. The first-order valence-corrected chi connectivity index (χ1v) is 5.69. The maximum atomic E-state index is 12.0. The molecule has 0 fully saturated rings. The van der Waals surface area contributed by atoms with E-state index in [9.17, 15) is 9.59 Å². The van der Waals surface area contributed by atoms with E-state index in [4.69, 9.17) is 5.11 Å². The van der Waals surface area contributed by atoms with Gasteiger partial charge in [-0.25, -0.2) is 0 Å². The van der Waals surface area contributed by atoms with E-state index in [0.717, 1.165) is 0 Å². The fourth-order valence-electron chi connectivity index (χ4n) is 1.73. The molecule has 0 aliphatic carbocycles. The van der Waals surface area contributed by atoms with Crippen LogP contribution in [0.3, 0.4) is 0 Å². The van der Waals surface area contributed by atoms with Crippen molar-refractivity contribution in [2.24, 2.45) is 0 Å². The second-order valence-corrected chi connectivity index (χ2v) is 4.09. The van der Waals surface area contributed by atoms with E-state index in [1.54, 1.807) is 31.2 Å². The van der Waals surface area contributed by atoms with Crippen molar-refractivity contribution in [1.29, 1.82) is 0 Å². The molecule has 1 heterocycles. The van der Waals surface area contributed by atoms with Crippen molar-refractivity contribution in [1.82, 2.24) is 10.2 Å². The predicted molar refractivity (Wildman–Crippen MR) is 69.1 cm³/mol. The first kappa shape index (κ1) is 12.8. The van der Waals surface area contributed by atoms with Crippen LogP contribution in [0.2, 0.25) is 0 Å². The Hall–Kier alpha value is -2.63. The van der Waals surface area contributed by atoms with Crippen molar-refractivity contribution in [2.45, 2.75) is 13.3 Å². The molecular weight excluding hydrogens is 246 g/mol. The number of hydrogen-bond acceptors (Lipinski definition) is 3. The molecule has 6 heteroatoms. The number of para-hydroxylation sites is 1. The molecule has 0 radical (unpaired) electrons. The number of aromatic nitrogens is 2. The molecule has 0 saturated heterocycles. The number of amides is 1. The number of rotatable bonds is 4. The third-order valence-electron chi connectivity index (χ3n) is 2.68. The van der Waals surface area contributed by atoms with E-state index >= 15 is 0 Å². The summed E-state index contributed by atoms with van der Waals surface area (Å²) in [6, 6.07) is 6.82. The molecule has 98 valence electrons. The number of hydrogen-bond donors (Lipinski definition) is 3. The van der Waals surface area contributed by atoms with E-state index in [-0.39, 0.29) is 12.3 Å². The standard InChI is InChI=1S/C13H13N3O3/c1-8-10(7-14-16-8)13(19)15-11-5-3-2-4-9(11)6-12(17)18/h2-5,7H,6H2,1H3,(H,14,16)(H,15,19)(H,17,18). The Morgan fingerprint density at radius 1 is 1.37 bits per heavy atom. The van der Waals surface area contributed by atoms with Gasteiger partial charge in [-0.2, -0.15) is 5.10 Å². The highest BCUT2D eigenvalue weighted by Crippen LogP contribution is 2.17. The molecule has 2 aromatic rings. The zero-order valence-electron chi connectivity index (χ0n) is 10.3. The summed E-state index contributed by atoms with van der Waals surface area (Å²) in [5.41, 5.74) is 2.15. The monoisotopic (exact) mass is 259 g/mol. The van der Waals surface area contributed by atoms with Crippen LogP contribution >= 0.6 is 0 Å². The summed E-state index contributed by atoms with van der Waals surface area (Å²) >= 11 is 0. The summed E-state index contributed by atoms with van der Waals surface area (Å²) in [6.07, 6.45) is 1.30. The van der Waals surface area contributed by atoms with Crippen LogP contribution in [0.4, 0.5) is 5.69 Å². The van der Waals surface area contributed by atoms with E-state index in [1.165, 1.54) is 6.20 Å². The maximum Gasteiger partial charge on any atom is 0.307 e. The van der Waals surface area contributed by atoms with Crippen LogP contribution in [-0.2, 0) is 11.2 Å². The van der Waals surface area contributed by atoms with E-state index in [1.807, 2.05) is 0 Å². The molecule has 0 atom stereocenters. The number of aromatic amines is 1. The Bertz CT molecular complexity index is 619. The lowest BCUT2D eigenvalue weighted by Crippen LogP contribution is -2.14. The quantitative estimate of drug-likeness (QED) is 0.777. The highest BCUT2D eigenvalue weighted by molar-refractivity contribution is 6.05. The van der Waals surface area contributed by atoms with Gasteiger partial charge >= 0.3 is 5.97 Å². The van der Waals surface area contributed by atoms with Gasteiger partial charge in [-0.05, 0) is 18.6 Å². The van der Waals surface area contributed by atoms with Crippen molar-refractivity contribution in [3.05, 3.63) is 47.3 Å². The number of anilines is 1. The van der Waals surface area contributed by atoms with Gasteiger partial charge in [0.15, 0.2) is 0 Å². The lowest BCUT2D eigenvalue weighted by molar-refractivity contribution is -0.136. The highest BCUT2D eigenvalue weighted by Gasteiger charge is 2.13. The van der Waals surface area contributed by atoms with Crippen molar-refractivity contribution in [2.75, 3.05) is 5.32 Å². The van der Waals surface area contributed by atoms with Crippen molar-refractivity contribution < 1.29 is 14.7 Å². The normalized spacial score (nSPS) is 10.2. The zero-order chi connectivity index (χ0) is 13.8. The van der Waals surface area contributed by atoms with Crippen LogP contribution in [0.15, 0.2) is 30.5 Å². The number of H-pyrrole nitrogens is 1. The fraction of sp³-hybridized carbons (Fsp3) is 0.154. The topological polar surface area (TPSA) is 95.1 Å². The molecule has 2 rings (SSSR count). The molecule has 0 bridgehead atoms. The minimum absolute atomic E-state index is 0.138. The molecule has 1 amide bonds. The summed E-state index contributed by atoms with van der Waals surface area (Å²) in [5, 5.41) is 18.0. The summed E-state index contributed by atoms with van der Waals surface area (Å²) < 4.78 is 0. The maximum absolute atomic E-state index is 12.0. The van der Waals surface area contributed by atoms with E-state index in [2.05, 4.69) is 15.5 Å². The number of aryl methyl sites for hydroxylation is 1. The van der Waals surface area contributed by atoms with Crippen LogP contribution in [0.1, 0.15) is 21.6 Å². The molecule has 0 aliphatic rings. The van der Waals surface area contributed by atoms with Crippen LogP contribution in [0.25, 0.3) is 0 Å². The summed E-state index contributed by atoms with van der Waals surface area (Å²) in [4.78, 5) is 22.8. The number of carbonyl (C=O) groups is 2. The lowest BCUT2D eigenvalue weighted by Gasteiger charge is -2.09. The molecule has 3 N–H and O–H groups in total. The Labute approximate surface area is 109 Å². The van der Waals surface area contributed by atoms with Gasteiger partial charge in [0, 0.05) is 11.4 Å². The first-order valence-electron chi connectivity index (χ1n) is 5.69. The van der Waals surface area contributed by atoms with Gasteiger partial charge in [-0.15, -0.1) is 0 Å². The van der Waals surface area contributed by atoms with Gasteiger partial charge in [-0.3, -0.25) is 14.7 Å². The minimum atomic E-state index is -0.943. The molecule has 1 aromatic heterocycles. The van der Waals surface area contributed by atoms with Crippen LogP contribution in [0.5, 0.6) is 0 Å². The average Bonchev–Trinajstić information content (AvgIpc) is 2.77. The Balaban J connectivity index is 2.22. The highest BCUT2D eigenvalue weighted by atomic mass is 16.4. The summed E-state index contributed by atoms with van der Waals surface area (Å²) in [5.74, 6) is -1.26. The van der Waals surface area contributed by atoms with Crippen LogP contribution in [-0.4, -0.2) is 27.2 Å². The SMILES string of the molecule is Cc1[nH]ncc1C(=O)Nc1ccccc1CC(=O)O. The largest absolute Gasteiger partial charge is 0.481 e. The van der Waals surface area contributed by atoms with Crippen molar-refractivity contribution in [3.8, 4) is 0 Å². The number of benzene rings is 1. The Kier molecular flexibility index (Phi) is 3.61. The smallest absolute Gasteiger partial charge is 0.307 e. The molecule has 0 unspecified atom stereocenters. The summed E-state index contributed by atoms with van der Waals surface area (Å²) in [6.45, 7) is 1.74. The fourth-order valence-corrected chi connectivity index (χ4v) is 1.73. The number of carboxylic acids is 1. The molecule has 6 nitrogen and oxygen atoms in total. The van der Waals surface area contributed by atoms with Crippen LogP contribution < -0.4 is 5.32 Å². The molecule has 1 aromatic carbocycles. The number of carboxylic acid groups (broad SMARTS) is 1. The molecule has 0 aliphatic heterocycles. The average molecular weight is 259 g/mol. The third kappa shape index (κ3) is 2.98. The second-order valence-electron chi connectivity index (χ2n) is 4.09. The Morgan fingerprint density at radius 2 is 2.11 bits per heavy atom. The minimum Gasteiger partial charge on any atom is -0.481 e. The lowest BCUT2D eigenvalue weighted by atomic mass is 10.1. The number of nitrogens with one attached hydrogen (secondary N) is 2. The number of nitrogens with zero attached hydrogens (tertiary/aromatic N) is 1. The second kappa shape index (κ2) is 5.34. The number of carbonyl (C=O) groups excluding carboxylic acids is 1. The van der Waals surface area contributed by atoms with E-state index in [0.29, 0.717) is 22.5 Å². The number of aliphatic carboxylic acids is 1. The third-order valence-corrected chi connectivity index (χ3v) is 2.68. The van der Waals surface area contributed by atoms with Gasteiger partial charge < -0.3 is 10.4 Å². The van der Waals surface area contributed by atoms with Crippen molar-refractivity contribution in [3.63, 3.8) is 0 Å².